The summed E-state index contributed by atoms with van der Waals surface area (Å²) < 4.78 is 11.2. The minimum Gasteiger partial charge on any atom is -0.444 e. The predicted octanol–water partition coefficient (Wildman–Crippen LogP) is 4.99. The summed E-state index contributed by atoms with van der Waals surface area (Å²) in [5.41, 5.74) is 0.833. The van der Waals surface area contributed by atoms with Crippen molar-refractivity contribution in [3.8, 4) is 11.6 Å². The second kappa shape index (κ2) is 7.77. The number of rotatable bonds is 3. The lowest BCUT2D eigenvalue weighted by Crippen LogP contribution is -2.41. The van der Waals surface area contributed by atoms with Crippen molar-refractivity contribution in [2.24, 2.45) is 0 Å². The van der Waals surface area contributed by atoms with E-state index in [0.29, 0.717) is 11.8 Å². The van der Waals surface area contributed by atoms with Crippen LogP contribution in [0, 0.1) is 0 Å². The lowest BCUT2D eigenvalue weighted by Gasteiger charge is -2.33. The highest BCUT2D eigenvalue weighted by molar-refractivity contribution is 5.68. The number of aromatic nitrogens is 1. The van der Waals surface area contributed by atoms with E-state index in [1.165, 1.54) is 5.56 Å². The van der Waals surface area contributed by atoms with Gasteiger partial charge in [-0.3, -0.25) is 0 Å². The molecule has 2 heterocycles. The summed E-state index contributed by atoms with van der Waals surface area (Å²) in [4.78, 5) is 18.1. The van der Waals surface area contributed by atoms with Crippen molar-refractivity contribution in [3.63, 3.8) is 0 Å². The van der Waals surface area contributed by atoms with E-state index in [4.69, 9.17) is 9.47 Å². The smallest absolute Gasteiger partial charge is 0.410 e. The van der Waals surface area contributed by atoms with Crippen molar-refractivity contribution in [2.45, 2.75) is 45.1 Å². The first kappa shape index (κ1) is 18.2. The third kappa shape index (κ3) is 4.97. The number of pyridine rings is 1. The van der Waals surface area contributed by atoms with Crippen molar-refractivity contribution in [3.05, 3.63) is 54.2 Å². The second-order valence-corrected chi connectivity index (χ2v) is 7.58. The SMILES string of the molecule is CC(C)(C)OC(=O)N1CCC(c2ccc(Oc3ccccn3)cc2)CC1. The largest absolute Gasteiger partial charge is 0.444 e. The van der Waals surface area contributed by atoms with Crippen LogP contribution in [0.15, 0.2) is 48.7 Å². The summed E-state index contributed by atoms with van der Waals surface area (Å²) in [6.07, 6.45) is 3.39. The minimum atomic E-state index is -0.447. The van der Waals surface area contributed by atoms with Crippen molar-refractivity contribution < 1.29 is 14.3 Å². The van der Waals surface area contributed by atoms with Crippen LogP contribution in [-0.4, -0.2) is 34.7 Å². The summed E-state index contributed by atoms with van der Waals surface area (Å²) in [7, 11) is 0. The van der Waals surface area contributed by atoms with Crippen LogP contribution in [0.1, 0.15) is 45.1 Å². The average Bonchev–Trinajstić information content (AvgIpc) is 2.62. The quantitative estimate of drug-likeness (QED) is 0.779. The Hall–Kier alpha value is -2.56. The molecule has 0 unspecified atom stereocenters. The van der Waals surface area contributed by atoms with Crippen molar-refractivity contribution in [2.75, 3.05) is 13.1 Å². The number of amides is 1. The molecule has 0 radical (unpaired) electrons. The number of hydrogen-bond acceptors (Lipinski definition) is 4. The number of carbonyl (C=O) groups excluding carboxylic acids is 1. The summed E-state index contributed by atoms with van der Waals surface area (Å²) in [6, 6.07) is 13.8. The second-order valence-electron chi connectivity index (χ2n) is 7.58. The van der Waals surface area contributed by atoms with Gasteiger partial charge >= 0.3 is 6.09 Å². The Labute approximate surface area is 155 Å². The van der Waals surface area contributed by atoms with E-state index in [9.17, 15) is 4.79 Å². The standard InChI is InChI=1S/C21H26N2O3/c1-21(2,3)26-20(24)23-14-11-17(12-15-23)16-7-9-18(10-8-16)25-19-6-4-5-13-22-19/h4-10,13,17H,11-12,14-15H2,1-3H3. The van der Waals surface area contributed by atoms with Gasteiger partial charge < -0.3 is 14.4 Å². The fraction of sp³-hybridized carbons (Fsp3) is 0.429. The molecule has 0 N–H and O–H groups in total. The Bertz CT molecular complexity index is 715. The number of carbonyl (C=O) groups is 1. The molecule has 138 valence electrons. The highest BCUT2D eigenvalue weighted by atomic mass is 16.6. The molecular weight excluding hydrogens is 328 g/mol. The van der Waals surface area contributed by atoms with Crippen molar-refractivity contribution in [1.29, 1.82) is 0 Å². The van der Waals surface area contributed by atoms with Gasteiger partial charge in [-0.1, -0.05) is 18.2 Å². The summed E-state index contributed by atoms with van der Waals surface area (Å²) >= 11 is 0. The third-order valence-corrected chi connectivity index (χ3v) is 4.36. The first-order valence-electron chi connectivity index (χ1n) is 9.07. The van der Waals surface area contributed by atoms with Gasteiger partial charge in [-0.15, -0.1) is 0 Å². The van der Waals surface area contributed by atoms with Crippen LogP contribution < -0.4 is 4.74 Å². The number of piperidine rings is 1. The molecule has 1 fully saturated rings. The molecule has 0 bridgehead atoms. The molecule has 1 aliphatic rings. The zero-order chi connectivity index (χ0) is 18.6. The van der Waals surface area contributed by atoms with E-state index in [1.54, 1.807) is 11.1 Å². The van der Waals surface area contributed by atoms with Crippen molar-refractivity contribution in [1.82, 2.24) is 9.88 Å². The Balaban J connectivity index is 1.54. The highest BCUT2D eigenvalue weighted by Gasteiger charge is 2.27. The van der Waals surface area contributed by atoms with Gasteiger partial charge in [0.05, 0.1) is 0 Å². The maximum absolute atomic E-state index is 12.2. The molecule has 0 spiro atoms. The normalized spacial score (nSPS) is 15.6. The van der Waals surface area contributed by atoms with E-state index < -0.39 is 5.60 Å². The molecule has 26 heavy (non-hydrogen) atoms. The van der Waals surface area contributed by atoms with Gasteiger partial charge in [0, 0.05) is 25.4 Å². The van der Waals surface area contributed by atoms with Gasteiger partial charge in [0.25, 0.3) is 0 Å². The fourth-order valence-electron chi connectivity index (χ4n) is 3.06. The number of nitrogens with zero attached hydrogens (tertiary/aromatic N) is 2. The van der Waals surface area contributed by atoms with Crippen LogP contribution in [0.5, 0.6) is 11.6 Å². The first-order valence-corrected chi connectivity index (χ1v) is 9.07. The Morgan fingerprint density at radius 2 is 1.77 bits per heavy atom. The Kier molecular flexibility index (Phi) is 5.45. The molecule has 1 amide bonds. The number of likely N-dealkylation sites (tertiary alicyclic amines) is 1. The molecule has 0 saturated carbocycles. The molecule has 1 saturated heterocycles. The van der Waals surface area contributed by atoms with E-state index in [1.807, 2.05) is 51.1 Å². The molecular formula is C21H26N2O3. The van der Waals surface area contributed by atoms with E-state index in [-0.39, 0.29) is 6.09 Å². The topological polar surface area (TPSA) is 51.7 Å². The highest BCUT2D eigenvalue weighted by Crippen LogP contribution is 2.30. The van der Waals surface area contributed by atoms with E-state index >= 15 is 0 Å². The van der Waals surface area contributed by atoms with Crippen LogP contribution in [0.25, 0.3) is 0 Å². The molecule has 1 aliphatic heterocycles. The van der Waals surface area contributed by atoms with Gasteiger partial charge in [-0.05, 0) is 63.3 Å². The first-order chi connectivity index (χ1) is 12.4. The van der Waals surface area contributed by atoms with Gasteiger partial charge in [0.1, 0.15) is 11.4 Å². The zero-order valence-electron chi connectivity index (χ0n) is 15.6. The van der Waals surface area contributed by atoms with Gasteiger partial charge in [-0.25, -0.2) is 9.78 Å². The van der Waals surface area contributed by atoms with Crippen LogP contribution >= 0.6 is 0 Å². The van der Waals surface area contributed by atoms with Crippen LogP contribution in [0.3, 0.4) is 0 Å². The molecule has 0 atom stereocenters. The Morgan fingerprint density at radius 3 is 2.35 bits per heavy atom. The van der Waals surface area contributed by atoms with E-state index in [0.717, 1.165) is 31.7 Å². The van der Waals surface area contributed by atoms with E-state index in [2.05, 4.69) is 17.1 Å². The predicted molar refractivity (Wildman–Crippen MR) is 101 cm³/mol. The monoisotopic (exact) mass is 354 g/mol. The van der Waals surface area contributed by atoms with Gasteiger partial charge in [0.2, 0.25) is 5.88 Å². The van der Waals surface area contributed by atoms with Crippen LogP contribution in [-0.2, 0) is 4.74 Å². The molecule has 3 rings (SSSR count). The molecule has 5 nitrogen and oxygen atoms in total. The van der Waals surface area contributed by atoms with Gasteiger partial charge in [0.15, 0.2) is 0 Å². The van der Waals surface area contributed by atoms with Crippen LogP contribution in [0.4, 0.5) is 4.79 Å². The summed E-state index contributed by atoms with van der Waals surface area (Å²) in [5, 5.41) is 0. The lowest BCUT2D eigenvalue weighted by molar-refractivity contribution is 0.0205. The van der Waals surface area contributed by atoms with Crippen molar-refractivity contribution >= 4 is 6.09 Å². The van der Waals surface area contributed by atoms with Gasteiger partial charge in [-0.2, -0.15) is 0 Å². The maximum atomic E-state index is 12.2. The molecule has 5 heteroatoms. The lowest BCUT2D eigenvalue weighted by atomic mass is 9.89. The molecule has 2 aromatic rings. The van der Waals surface area contributed by atoms with Crippen LogP contribution in [0.2, 0.25) is 0 Å². The Morgan fingerprint density at radius 1 is 1.08 bits per heavy atom. The number of ether oxygens (including phenoxy) is 2. The molecule has 1 aromatic heterocycles. The third-order valence-electron chi connectivity index (χ3n) is 4.36. The molecule has 1 aromatic carbocycles. The summed E-state index contributed by atoms with van der Waals surface area (Å²) in [6.45, 7) is 7.14. The maximum Gasteiger partial charge on any atom is 0.410 e. The number of hydrogen-bond donors (Lipinski definition) is 0. The average molecular weight is 354 g/mol. The zero-order valence-corrected chi connectivity index (χ0v) is 15.6. The molecule has 0 aliphatic carbocycles. The fourth-order valence-corrected chi connectivity index (χ4v) is 3.06. The number of benzene rings is 1. The minimum absolute atomic E-state index is 0.213. The summed E-state index contributed by atoms with van der Waals surface area (Å²) in [5.74, 6) is 1.82.